The maximum absolute atomic E-state index is 4.29. The van der Waals surface area contributed by atoms with E-state index < -0.39 is 0 Å². The van der Waals surface area contributed by atoms with Crippen LogP contribution < -0.4 is 5.32 Å². The Labute approximate surface area is 99.4 Å². The van der Waals surface area contributed by atoms with E-state index in [9.17, 15) is 0 Å². The number of tetrazole rings is 1. The van der Waals surface area contributed by atoms with Crippen LogP contribution in [0, 0.1) is 11.3 Å². The third-order valence-corrected chi connectivity index (χ3v) is 3.81. The highest BCUT2D eigenvalue weighted by Crippen LogP contribution is 2.51. The standard InChI is InChI=1S/C11H16N6/c1-8(2)11(5-6-11)7-12-9-3-4-10-13-15-16-17(10)14-9/h3-4,8H,5-7H2,1-2H3,(H,12,14). The first-order chi connectivity index (χ1) is 8.20. The van der Waals surface area contributed by atoms with Gasteiger partial charge in [0.1, 0.15) is 5.82 Å². The molecule has 0 aliphatic heterocycles. The largest absolute Gasteiger partial charge is 0.368 e. The van der Waals surface area contributed by atoms with Gasteiger partial charge >= 0.3 is 0 Å². The van der Waals surface area contributed by atoms with Crippen LogP contribution in [-0.2, 0) is 0 Å². The molecule has 1 saturated carbocycles. The Morgan fingerprint density at radius 1 is 1.41 bits per heavy atom. The van der Waals surface area contributed by atoms with Gasteiger partial charge in [0, 0.05) is 6.54 Å². The van der Waals surface area contributed by atoms with Crippen LogP contribution in [0.2, 0.25) is 0 Å². The van der Waals surface area contributed by atoms with Gasteiger partial charge in [-0.05, 0) is 46.7 Å². The average Bonchev–Trinajstić information content (AvgIpc) is 2.98. The zero-order chi connectivity index (χ0) is 11.9. The summed E-state index contributed by atoms with van der Waals surface area (Å²) in [4.78, 5) is 0. The van der Waals surface area contributed by atoms with Crippen molar-refractivity contribution in [2.75, 3.05) is 11.9 Å². The molecule has 0 amide bonds. The number of nitrogens with zero attached hydrogens (tertiary/aromatic N) is 5. The van der Waals surface area contributed by atoms with Gasteiger partial charge in [-0.15, -0.1) is 14.8 Å². The molecule has 6 heteroatoms. The molecule has 0 atom stereocenters. The summed E-state index contributed by atoms with van der Waals surface area (Å²) in [5, 5.41) is 18.8. The predicted octanol–water partition coefficient (Wildman–Crippen LogP) is 1.37. The molecule has 0 radical (unpaired) electrons. The van der Waals surface area contributed by atoms with Crippen molar-refractivity contribution in [1.29, 1.82) is 0 Å². The van der Waals surface area contributed by atoms with Crippen molar-refractivity contribution >= 4 is 11.5 Å². The maximum Gasteiger partial charge on any atom is 0.200 e. The van der Waals surface area contributed by atoms with Gasteiger partial charge in [0.2, 0.25) is 0 Å². The van der Waals surface area contributed by atoms with Crippen LogP contribution in [0.1, 0.15) is 26.7 Å². The van der Waals surface area contributed by atoms with Crippen molar-refractivity contribution in [2.45, 2.75) is 26.7 Å². The maximum atomic E-state index is 4.29. The molecule has 1 aliphatic carbocycles. The molecule has 90 valence electrons. The number of hydrogen-bond donors (Lipinski definition) is 1. The summed E-state index contributed by atoms with van der Waals surface area (Å²) in [6.45, 7) is 5.55. The van der Waals surface area contributed by atoms with Crippen molar-refractivity contribution in [1.82, 2.24) is 25.3 Å². The van der Waals surface area contributed by atoms with Crippen LogP contribution >= 0.6 is 0 Å². The predicted molar refractivity (Wildman–Crippen MR) is 63.6 cm³/mol. The van der Waals surface area contributed by atoms with Gasteiger partial charge in [0.05, 0.1) is 0 Å². The molecule has 2 aromatic rings. The van der Waals surface area contributed by atoms with Gasteiger partial charge < -0.3 is 5.32 Å². The summed E-state index contributed by atoms with van der Waals surface area (Å²) in [5.74, 6) is 1.54. The highest BCUT2D eigenvalue weighted by atomic mass is 15.6. The van der Waals surface area contributed by atoms with Crippen molar-refractivity contribution in [3.05, 3.63) is 12.1 Å². The molecule has 0 bridgehead atoms. The lowest BCUT2D eigenvalue weighted by atomic mass is 9.92. The first-order valence-corrected chi connectivity index (χ1v) is 5.99. The molecule has 0 spiro atoms. The molecular formula is C11H16N6. The quantitative estimate of drug-likeness (QED) is 0.862. The first kappa shape index (κ1) is 10.4. The van der Waals surface area contributed by atoms with E-state index in [-0.39, 0.29) is 0 Å². The topological polar surface area (TPSA) is 68.0 Å². The van der Waals surface area contributed by atoms with Gasteiger partial charge in [-0.3, -0.25) is 0 Å². The van der Waals surface area contributed by atoms with E-state index in [1.165, 1.54) is 17.5 Å². The highest BCUT2D eigenvalue weighted by molar-refractivity contribution is 5.42. The third kappa shape index (κ3) is 1.83. The summed E-state index contributed by atoms with van der Waals surface area (Å²) in [6, 6.07) is 3.78. The number of nitrogens with one attached hydrogen (secondary N) is 1. The molecule has 0 saturated heterocycles. The molecule has 0 aromatic carbocycles. The fraction of sp³-hybridized carbons (Fsp3) is 0.636. The van der Waals surface area contributed by atoms with Gasteiger partial charge in [0.25, 0.3) is 0 Å². The number of fused-ring (bicyclic) bond motifs is 1. The summed E-state index contributed by atoms with van der Waals surface area (Å²) in [5.41, 5.74) is 1.14. The number of aromatic nitrogens is 5. The SMILES string of the molecule is CC(C)C1(CNc2ccc3nnnn3n2)CC1. The van der Waals surface area contributed by atoms with Crippen LogP contribution in [0.15, 0.2) is 12.1 Å². The minimum atomic E-state index is 0.469. The second-order valence-electron chi connectivity index (χ2n) is 5.12. The average molecular weight is 232 g/mol. The molecule has 17 heavy (non-hydrogen) atoms. The van der Waals surface area contributed by atoms with E-state index in [2.05, 4.69) is 39.8 Å². The van der Waals surface area contributed by atoms with Crippen LogP contribution in [0.5, 0.6) is 0 Å². The monoisotopic (exact) mass is 232 g/mol. The lowest BCUT2D eigenvalue weighted by molar-refractivity contribution is 0.379. The zero-order valence-electron chi connectivity index (χ0n) is 10.1. The van der Waals surface area contributed by atoms with Crippen molar-refractivity contribution < 1.29 is 0 Å². The van der Waals surface area contributed by atoms with Crippen LogP contribution in [0.3, 0.4) is 0 Å². The van der Waals surface area contributed by atoms with Gasteiger partial charge in [-0.25, -0.2) is 0 Å². The van der Waals surface area contributed by atoms with Crippen LogP contribution in [0.4, 0.5) is 5.82 Å². The first-order valence-electron chi connectivity index (χ1n) is 5.99. The molecule has 3 rings (SSSR count). The number of hydrogen-bond acceptors (Lipinski definition) is 5. The summed E-state index contributed by atoms with van der Waals surface area (Å²) in [6.07, 6.45) is 2.62. The lowest BCUT2D eigenvalue weighted by Crippen LogP contribution is -2.21. The Morgan fingerprint density at radius 3 is 2.94 bits per heavy atom. The minimum absolute atomic E-state index is 0.469. The molecular weight excluding hydrogens is 216 g/mol. The van der Waals surface area contributed by atoms with E-state index in [0.29, 0.717) is 17.0 Å². The van der Waals surface area contributed by atoms with E-state index in [1.807, 2.05) is 12.1 Å². The fourth-order valence-corrected chi connectivity index (χ4v) is 2.13. The molecule has 1 N–H and O–H groups in total. The van der Waals surface area contributed by atoms with Crippen LogP contribution in [0.25, 0.3) is 5.65 Å². The molecule has 1 aliphatic rings. The van der Waals surface area contributed by atoms with Gasteiger partial charge in [0.15, 0.2) is 5.65 Å². The lowest BCUT2D eigenvalue weighted by Gasteiger charge is -2.20. The van der Waals surface area contributed by atoms with E-state index in [0.717, 1.165) is 12.4 Å². The second-order valence-corrected chi connectivity index (χ2v) is 5.12. The van der Waals surface area contributed by atoms with E-state index in [4.69, 9.17) is 0 Å². The van der Waals surface area contributed by atoms with Gasteiger partial charge in [-0.2, -0.15) is 0 Å². The fourth-order valence-electron chi connectivity index (χ4n) is 2.13. The Kier molecular flexibility index (Phi) is 2.24. The molecule has 2 heterocycles. The summed E-state index contributed by atoms with van der Waals surface area (Å²) < 4.78 is 1.44. The zero-order valence-corrected chi connectivity index (χ0v) is 10.1. The second kappa shape index (κ2) is 3.65. The Bertz CT molecular complexity index is 527. The Hall–Kier alpha value is -1.72. The van der Waals surface area contributed by atoms with Crippen molar-refractivity contribution in [3.63, 3.8) is 0 Å². The Morgan fingerprint density at radius 2 is 2.24 bits per heavy atom. The van der Waals surface area contributed by atoms with E-state index >= 15 is 0 Å². The van der Waals surface area contributed by atoms with Crippen molar-refractivity contribution in [3.8, 4) is 0 Å². The molecule has 6 nitrogen and oxygen atoms in total. The number of rotatable bonds is 4. The third-order valence-electron chi connectivity index (χ3n) is 3.81. The summed E-state index contributed by atoms with van der Waals surface area (Å²) >= 11 is 0. The Balaban J connectivity index is 1.72. The van der Waals surface area contributed by atoms with Gasteiger partial charge in [-0.1, -0.05) is 13.8 Å². The normalized spacial score (nSPS) is 17.6. The summed E-state index contributed by atoms with van der Waals surface area (Å²) in [7, 11) is 0. The van der Waals surface area contributed by atoms with E-state index in [1.54, 1.807) is 0 Å². The molecule has 1 fully saturated rings. The van der Waals surface area contributed by atoms with Crippen LogP contribution in [-0.4, -0.2) is 31.8 Å². The highest BCUT2D eigenvalue weighted by Gasteiger charge is 2.44. The number of anilines is 1. The smallest absolute Gasteiger partial charge is 0.200 e. The van der Waals surface area contributed by atoms with Crippen molar-refractivity contribution in [2.24, 2.45) is 11.3 Å². The molecule has 2 aromatic heterocycles. The minimum Gasteiger partial charge on any atom is -0.368 e. The molecule has 0 unspecified atom stereocenters.